The molecule has 4 nitrogen and oxygen atoms in total. The lowest BCUT2D eigenvalue weighted by Gasteiger charge is -2.24. The quantitative estimate of drug-likeness (QED) is 0.778. The molecule has 0 aromatic heterocycles. The minimum absolute atomic E-state index is 0.0510. The summed E-state index contributed by atoms with van der Waals surface area (Å²) < 4.78 is 4.91. The molecule has 2 unspecified atom stereocenters. The normalized spacial score (nSPS) is 27.7. The summed E-state index contributed by atoms with van der Waals surface area (Å²) in [5.41, 5.74) is 0. The van der Waals surface area contributed by atoms with Crippen LogP contribution in [0.3, 0.4) is 0 Å². The van der Waals surface area contributed by atoms with Crippen LogP contribution in [-0.4, -0.2) is 25.0 Å². The Kier molecular flexibility index (Phi) is 8.62. The van der Waals surface area contributed by atoms with Crippen LogP contribution in [0.2, 0.25) is 0 Å². The molecule has 1 amide bonds. The van der Waals surface area contributed by atoms with Crippen molar-refractivity contribution >= 4 is 11.9 Å². The van der Waals surface area contributed by atoms with Crippen LogP contribution < -0.4 is 5.32 Å². The first-order chi connectivity index (χ1) is 11.7. The molecule has 4 heteroatoms. The number of amides is 1. The summed E-state index contributed by atoms with van der Waals surface area (Å²) >= 11 is 0. The lowest BCUT2D eigenvalue weighted by Crippen LogP contribution is -2.39. The molecule has 2 atom stereocenters. The molecule has 2 saturated carbocycles. The van der Waals surface area contributed by atoms with Gasteiger partial charge in [-0.1, -0.05) is 51.4 Å². The van der Waals surface area contributed by atoms with Gasteiger partial charge < -0.3 is 10.1 Å². The number of carbonyl (C=O) groups is 2. The smallest absolute Gasteiger partial charge is 0.308 e. The Bertz CT molecular complexity index is 388. The van der Waals surface area contributed by atoms with Crippen molar-refractivity contribution in [3.63, 3.8) is 0 Å². The van der Waals surface area contributed by atoms with E-state index in [1.165, 1.54) is 39.2 Å². The van der Waals surface area contributed by atoms with Crippen molar-refractivity contribution in [3.8, 4) is 0 Å². The number of carbonyl (C=O) groups excluding carboxylic acids is 2. The van der Waals surface area contributed by atoms with Crippen molar-refractivity contribution in [2.24, 2.45) is 11.8 Å². The van der Waals surface area contributed by atoms with E-state index in [9.17, 15) is 9.59 Å². The van der Waals surface area contributed by atoms with Crippen LogP contribution in [0.15, 0.2) is 0 Å². The van der Waals surface area contributed by atoms with E-state index in [0.717, 1.165) is 57.8 Å². The first-order valence-electron chi connectivity index (χ1n) is 10.1. The lowest BCUT2D eigenvalue weighted by molar-refractivity contribution is -0.146. The second-order valence-electron chi connectivity index (χ2n) is 7.68. The maximum atomic E-state index is 12.6. The summed E-state index contributed by atoms with van der Waals surface area (Å²) in [6.45, 7) is 0. The first-order valence-corrected chi connectivity index (χ1v) is 10.1. The van der Waals surface area contributed by atoms with Crippen molar-refractivity contribution < 1.29 is 14.3 Å². The van der Waals surface area contributed by atoms with Gasteiger partial charge in [-0.25, -0.2) is 0 Å². The third kappa shape index (κ3) is 6.45. The number of esters is 1. The molecule has 0 aromatic rings. The average molecular weight is 338 g/mol. The largest absolute Gasteiger partial charge is 0.469 e. The molecule has 2 aliphatic carbocycles. The zero-order valence-corrected chi connectivity index (χ0v) is 15.4. The standard InChI is InChI=1S/C20H35NO3/c1-24-20(23)17-12-7-8-14-18(15-9-13-17)21-19(22)16-10-5-3-2-4-6-11-16/h16-18H,2-15H2,1H3,(H,21,22). The van der Waals surface area contributed by atoms with Gasteiger partial charge in [0.05, 0.1) is 13.0 Å². The second-order valence-corrected chi connectivity index (χ2v) is 7.68. The Morgan fingerprint density at radius 1 is 0.708 bits per heavy atom. The van der Waals surface area contributed by atoms with Crippen molar-refractivity contribution in [2.45, 2.75) is 95.9 Å². The van der Waals surface area contributed by atoms with Crippen LogP contribution in [0.1, 0.15) is 89.9 Å². The molecule has 2 aliphatic rings. The lowest BCUT2D eigenvalue weighted by atomic mass is 9.90. The Balaban J connectivity index is 1.80. The van der Waals surface area contributed by atoms with Crippen molar-refractivity contribution in [2.75, 3.05) is 7.11 Å². The molecular weight excluding hydrogens is 302 g/mol. The van der Waals surface area contributed by atoms with Gasteiger partial charge in [-0.2, -0.15) is 0 Å². The highest BCUT2D eigenvalue weighted by atomic mass is 16.5. The molecule has 2 fully saturated rings. The Labute approximate surface area is 147 Å². The summed E-state index contributed by atoms with van der Waals surface area (Å²) in [7, 11) is 1.48. The van der Waals surface area contributed by atoms with Gasteiger partial charge in [-0.05, 0) is 38.5 Å². The number of nitrogens with one attached hydrogen (secondary N) is 1. The van der Waals surface area contributed by atoms with Crippen molar-refractivity contribution in [1.29, 1.82) is 0 Å². The van der Waals surface area contributed by atoms with E-state index >= 15 is 0 Å². The number of hydrogen-bond donors (Lipinski definition) is 1. The van der Waals surface area contributed by atoms with Crippen LogP contribution in [0, 0.1) is 11.8 Å². The molecule has 0 aliphatic heterocycles. The van der Waals surface area contributed by atoms with E-state index < -0.39 is 0 Å². The van der Waals surface area contributed by atoms with E-state index in [1.807, 2.05) is 0 Å². The van der Waals surface area contributed by atoms with Gasteiger partial charge in [0, 0.05) is 12.0 Å². The van der Waals surface area contributed by atoms with Crippen LogP contribution in [0.5, 0.6) is 0 Å². The van der Waals surface area contributed by atoms with Crippen molar-refractivity contribution in [1.82, 2.24) is 5.32 Å². The van der Waals surface area contributed by atoms with Gasteiger partial charge in [0.15, 0.2) is 0 Å². The molecule has 0 spiro atoms. The highest BCUT2D eigenvalue weighted by Gasteiger charge is 2.24. The fourth-order valence-corrected chi connectivity index (χ4v) is 4.26. The van der Waals surface area contributed by atoms with Gasteiger partial charge in [-0.15, -0.1) is 0 Å². The second kappa shape index (κ2) is 10.7. The van der Waals surface area contributed by atoms with Gasteiger partial charge in [0.1, 0.15) is 0 Å². The average Bonchev–Trinajstić information content (AvgIpc) is 2.66. The molecule has 0 heterocycles. The van der Waals surface area contributed by atoms with E-state index in [-0.39, 0.29) is 23.7 Å². The molecule has 1 N–H and O–H groups in total. The Morgan fingerprint density at radius 2 is 1.21 bits per heavy atom. The predicted octanol–water partition coefficient (Wildman–Crippen LogP) is 4.37. The van der Waals surface area contributed by atoms with Gasteiger partial charge in [0.2, 0.25) is 5.91 Å². The molecule has 0 saturated heterocycles. The number of hydrogen-bond acceptors (Lipinski definition) is 3. The van der Waals surface area contributed by atoms with Gasteiger partial charge in [0.25, 0.3) is 0 Å². The fraction of sp³-hybridized carbons (Fsp3) is 0.900. The van der Waals surface area contributed by atoms with Crippen LogP contribution in [-0.2, 0) is 14.3 Å². The highest BCUT2D eigenvalue weighted by Crippen LogP contribution is 2.25. The summed E-state index contributed by atoms with van der Waals surface area (Å²) in [6.07, 6.45) is 15.4. The Hall–Kier alpha value is -1.06. The fourth-order valence-electron chi connectivity index (χ4n) is 4.26. The zero-order chi connectivity index (χ0) is 17.2. The molecule has 138 valence electrons. The summed E-state index contributed by atoms with van der Waals surface area (Å²) in [4.78, 5) is 24.4. The topological polar surface area (TPSA) is 55.4 Å². The molecule has 24 heavy (non-hydrogen) atoms. The summed E-state index contributed by atoms with van der Waals surface area (Å²) in [6, 6.07) is 0.291. The van der Waals surface area contributed by atoms with E-state index in [1.54, 1.807) is 0 Å². The molecular formula is C20H35NO3. The summed E-state index contributed by atoms with van der Waals surface area (Å²) in [5.74, 6) is 0.494. The van der Waals surface area contributed by atoms with Crippen LogP contribution in [0.4, 0.5) is 0 Å². The minimum Gasteiger partial charge on any atom is -0.469 e. The maximum Gasteiger partial charge on any atom is 0.308 e. The monoisotopic (exact) mass is 337 g/mol. The van der Waals surface area contributed by atoms with Crippen molar-refractivity contribution in [3.05, 3.63) is 0 Å². The highest BCUT2D eigenvalue weighted by molar-refractivity contribution is 5.78. The van der Waals surface area contributed by atoms with Gasteiger partial charge >= 0.3 is 5.97 Å². The summed E-state index contributed by atoms with van der Waals surface area (Å²) in [5, 5.41) is 3.34. The predicted molar refractivity (Wildman–Crippen MR) is 95.6 cm³/mol. The first kappa shape index (κ1) is 19.3. The maximum absolute atomic E-state index is 12.6. The molecule has 0 aromatic carbocycles. The molecule has 0 radical (unpaired) electrons. The molecule has 0 bridgehead atoms. The van der Waals surface area contributed by atoms with E-state index in [0.29, 0.717) is 6.04 Å². The molecule has 2 rings (SSSR count). The third-order valence-electron chi connectivity index (χ3n) is 5.82. The van der Waals surface area contributed by atoms with E-state index in [2.05, 4.69) is 5.32 Å². The SMILES string of the molecule is COC(=O)C1CCCCC(NC(=O)C2CCCCCCC2)CCC1. The van der Waals surface area contributed by atoms with E-state index in [4.69, 9.17) is 4.74 Å². The number of rotatable bonds is 3. The minimum atomic E-state index is -0.0630. The zero-order valence-electron chi connectivity index (χ0n) is 15.4. The van der Waals surface area contributed by atoms with Crippen LogP contribution >= 0.6 is 0 Å². The van der Waals surface area contributed by atoms with Gasteiger partial charge in [-0.3, -0.25) is 9.59 Å². The number of methoxy groups -OCH3 is 1. The number of ether oxygens (including phenoxy) is 1. The van der Waals surface area contributed by atoms with Crippen LogP contribution in [0.25, 0.3) is 0 Å². The third-order valence-corrected chi connectivity index (χ3v) is 5.82. The Morgan fingerprint density at radius 3 is 1.92 bits per heavy atom.